The Morgan fingerprint density at radius 3 is 2.77 bits per heavy atom. The summed E-state index contributed by atoms with van der Waals surface area (Å²) >= 11 is 1.38. The number of nitrogens with zero attached hydrogens (tertiary/aromatic N) is 1. The van der Waals surface area contributed by atoms with Crippen molar-refractivity contribution in [1.29, 1.82) is 0 Å². The van der Waals surface area contributed by atoms with E-state index >= 15 is 0 Å². The predicted octanol–water partition coefficient (Wildman–Crippen LogP) is 3.79. The van der Waals surface area contributed by atoms with Gasteiger partial charge < -0.3 is 15.0 Å². The van der Waals surface area contributed by atoms with Crippen molar-refractivity contribution in [2.75, 3.05) is 26.7 Å². The molecule has 0 radical (unpaired) electrons. The molecule has 1 saturated carbocycles. The summed E-state index contributed by atoms with van der Waals surface area (Å²) in [6, 6.07) is 5.51. The number of fused-ring (bicyclic) bond motifs is 1. The van der Waals surface area contributed by atoms with Gasteiger partial charge in [-0.1, -0.05) is 6.07 Å². The Hall–Kier alpha value is -1.50. The van der Waals surface area contributed by atoms with Crippen LogP contribution in [-0.4, -0.2) is 43.6 Å². The Kier molecular flexibility index (Phi) is 5.25. The van der Waals surface area contributed by atoms with Gasteiger partial charge in [0, 0.05) is 41.9 Å². The molecule has 2 fully saturated rings. The first-order chi connectivity index (χ1) is 12.7. The molecular formula is C20H25FN2O2S. The van der Waals surface area contributed by atoms with E-state index in [0.29, 0.717) is 21.9 Å². The summed E-state index contributed by atoms with van der Waals surface area (Å²) < 4.78 is 20.4. The molecule has 140 valence electrons. The molecule has 2 aromatic rings. The van der Waals surface area contributed by atoms with Gasteiger partial charge in [-0.2, -0.15) is 0 Å². The highest BCUT2D eigenvalue weighted by molar-refractivity contribution is 7.21. The zero-order chi connectivity index (χ0) is 18.1. The number of ether oxygens (including phenoxy) is 1. The number of benzene rings is 1. The molecule has 4 rings (SSSR count). The highest BCUT2D eigenvalue weighted by Crippen LogP contribution is 2.35. The number of carbonyl (C=O) groups excluding carboxylic acids is 1. The zero-order valence-electron chi connectivity index (χ0n) is 15.1. The van der Waals surface area contributed by atoms with E-state index < -0.39 is 0 Å². The number of hydrogen-bond acceptors (Lipinski definition) is 4. The second kappa shape index (κ2) is 7.62. The molecule has 2 aliphatic rings. The number of likely N-dealkylation sites (tertiary alicyclic amines) is 1. The van der Waals surface area contributed by atoms with E-state index in [-0.39, 0.29) is 18.3 Å². The van der Waals surface area contributed by atoms with Crippen molar-refractivity contribution in [2.45, 2.75) is 38.3 Å². The standard InChI is InChI=1S/C20H25FN2O2S/c1-25-12-15-18-16(21)3-2-4-17(18)26-19(15)20(24)23-9-7-14(8-10-23)22-11-13-5-6-13/h2-4,13-14,22H,5-12H2,1H3. The maximum atomic E-state index is 14.3. The number of piperidine rings is 1. The molecule has 0 spiro atoms. The minimum Gasteiger partial charge on any atom is -0.380 e. The molecule has 1 amide bonds. The van der Waals surface area contributed by atoms with Crippen molar-refractivity contribution in [3.05, 3.63) is 34.5 Å². The van der Waals surface area contributed by atoms with Gasteiger partial charge in [-0.05, 0) is 50.3 Å². The lowest BCUT2D eigenvalue weighted by Gasteiger charge is -2.32. The molecule has 26 heavy (non-hydrogen) atoms. The number of carbonyl (C=O) groups is 1. The highest BCUT2D eigenvalue weighted by Gasteiger charge is 2.29. The van der Waals surface area contributed by atoms with Gasteiger partial charge in [0.15, 0.2) is 0 Å². The van der Waals surface area contributed by atoms with Gasteiger partial charge in [0.25, 0.3) is 5.91 Å². The van der Waals surface area contributed by atoms with Gasteiger partial charge in [0.1, 0.15) is 5.82 Å². The van der Waals surface area contributed by atoms with Gasteiger partial charge in [0.2, 0.25) is 0 Å². The van der Waals surface area contributed by atoms with E-state index in [0.717, 1.165) is 43.1 Å². The number of amides is 1. The summed E-state index contributed by atoms with van der Waals surface area (Å²) in [4.78, 5) is 15.6. The van der Waals surface area contributed by atoms with Crippen molar-refractivity contribution in [3.63, 3.8) is 0 Å². The average Bonchev–Trinajstić information content (AvgIpc) is 3.41. The first-order valence-corrected chi connectivity index (χ1v) is 10.2. The molecule has 1 aliphatic heterocycles. The van der Waals surface area contributed by atoms with Gasteiger partial charge in [-0.25, -0.2) is 4.39 Å². The van der Waals surface area contributed by atoms with E-state index in [1.54, 1.807) is 13.2 Å². The van der Waals surface area contributed by atoms with Crippen LogP contribution in [0.1, 0.15) is 40.9 Å². The van der Waals surface area contributed by atoms with Crippen molar-refractivity contribution in [3.8, 4) is 0 Å². The average molecular weight is 376 g/mol. The van der Waals surface area contributed by atoms with E-state index in [1.807, 2.05) is 11.0 Å². The Labute approximate surface area is 157 Å². The summed E-state index contributed by atoms with van der Waals surface area (Å²) in [7, 11) is 1.58. The van der Waals surface area contributed by atoms with Crippen LogP contribution in [0.25, 0.3) is 10.1 Å². The van der Waals surface area contributed by atoms with Crippen LogP contribution in [0.4, 0.5) is 4.39 Å². The van der Waals surface area contributed by atoms with Crippen molar-refractivity contribution in [2.24, 2.45) is 5.92 Å². The normalized spacial score (nSPS) is 18.6. The summed E-state index contributed by atoms with van der Waals surface area (Å²) in [5.74, 6) is 0.603. The van der Waals surface area contributed by atoms with Crippen LogP contribution in [0.15, 0.2) is 18.2 Å². The van der Waals surface area contributed by atoms with E-state index in [1.165, 1.54) is 30.2 Å². The van der Waals surface area contributed by atoms with Crippen molar-refractivity contribution < 1.29 is 13.9 Å². The number of halogens is 1. The first-order valence-electron chi connectivity index (χ1n) is 9.39. The van der Waals surface area contributed by atoms with Crippen LogP contribution in [0.3, 0.4) is 0 Å². The van der Waals surface area contributed by atoms with Crippen LogP contribution < -0.4 is 5.32 Å². The van der Waals surface area contributed by atoms with E-state index in [9.17, 15) is 9.18 Å². The Morgan fingerprint density at radius 2 is 2.08 bits per heavy atom. The summed E-state index contributed by atoms with van der Waals surface area (Å²) in [6.07, 6.45) is 4.68. The molecule has 1 aliphatic carbocycles. The number of rotatable bonds is 6. The number of methoxy groups -OCH3 is 1. The summed E-state index contributed by atoms with van der Waals surface area (Å²) in [6.45, 7) is 2.88. The monoisotopic (exact) mass is 376 g/mol. The topological polar surface area (TPSA) is 41.6 Å². The molecular weight excluding hydrogens is 351 g/mol. The van der Waals surface area contributed by atoms with Crippen LogP contribution >= 0.6 is 11.3 Å². The zero-order valence-corrected chi connectivity index (χ0v) is 15.9. The lowest BCUT2D eigenvalue weighted by atomic mass is 10.0. The third-order valence-corrected chi connectivity index (χ3v) is 6.61. The third kappa shape index (κ3) is 3.63. The SMILES string of the molecule is COCc1c(C(=O)N2CCC(NCC3CC3)CC2)sc2cccc(F)c12. The number of nitrogens with one attached hydrogen (secondary N) is 1. The van der Waals surface area contributed by atoms with Gasteiger partial charge >= 0.3 is 0 Å². The van der Waals surface area contributed by atoms with Crippen LogP contribution in [0.5, 0.6) is 0 Å². The van der Waals surface area contributed by atoms with Crippen molar-refractivity contribution in [1.82, 2.24) is 10.2 Å². The van der Waals surface area contributed by atoms with Crippen LogP contribution in [0.2, 0.25) is 0 Å². The number of hydrogen-bond donors (Lipinski definition) is 1. The van der Waals surface area contributed by atoms with Gasteiger partial charge in [-0.3, -0.25) is 4.79 Å². The fourth-order valence-electron chi connectivity index (χ4n) is 3.71. The van der Waals surface area contributed by atoms with E-state index in [4.69, 9.17) is 4.74 Å². The molecule has 0 bridgehead atoms. The van der Waals surface area contributed by atoms with Crippen LogP contribution in [0, 0.1) is 11.7 Å². The molecule has 1 aromatic carbocycles. The Bertz CT molecular complexity index is 794. The van der Waals surface area contributed by atoms with Gasteiger partial charge in [-0.15, -0.1) is 11.3 Å². The van der Waals surface area contributed by atoms with Crippen molar-refractivity contribution >= 4 is 27.3 Å². The maximum Gasteiger partial charge on any atom is 0.264 e. The summed E-state index contributed by atoms with van der Waals surface area (Å²) in [5, 5.41) is 4.17. The van der Waals surface area contributed by atoms with Gasteiger partial charge in [0.05, 0.1) is 11.5 Å². The third-order valence-electron chi connectivity index (χ3n) is 5.42. The summed E-state index contributed by atoms with van der Waals surface area (Å²) in [5.41, 5.74) is 0.685. The largest absolute Gasteiger partial charge is 0.380 e. The molecule has 0 unspecified atom stereocenters. The first kappa shape index (κ1) is 17.9. The second-order valence-electron chi connectivity index (χ2n) is 7.37. The highest BCUT2D eigenvalue weighted by atomic mass is 32.1. The van der Waals surface area contributed by atoms with Crippen LogP contribution in [-0.2, 0) is 11.3 Å². The Morgan fingerprint density at radius 1 is 1.31 bits per heavy atom. The molecule has 1 aromatic heterocycles. The Balaban J connectivity index is 1.49. The smallest absolute Gasteiger partial charge is 0.264 e. The minimum absolute atomic E-state index is 0.0123. The molecule has 2 heterocycles. The predicted molar refractivity (Wildman–Crippen MR) is 102 cm³/mol. The quantitative estimate of drug-likeness (QED) is 0.834. The lowest BCUT2D eigenvalue weighted by Crippen LogP contribution is -2.45. The molecule has 4 nitrogen and oxygen atoms in total. The fraction of sp³-hybridized carbons (Fsp3) is 0.550. The second-order valence-corrected chi connectivity index (χ2v) is 8.43. The molecule has 1 saturated heterocycles. The fourth-order valence-corrected chi connectivity index (χ4v) is 4.90. The number of thiophene rings is 1. The molecule has 6 heteroatoms. The lowest BCUT2D eigenvalue weighted by molar-refractivity contribution is 0.0706. The maximum absolute atomic E-state index is 14.3. The molecule has 1 N–H and O–H groups in total. The van der Waals surface area contributed by atoms with E-state index in [2.05, 4.69) is 5.32 Å². The molecule has 0 atom stereocenters. The minimum atomic E-state index is -0.284.